The molecule has 3 aromatic heterocycles. The molecule has 118 valence electrons. The Morgan fingerprint density at radius 2 is 2.09 bits per heavy atom. The Morgan fingerprint density at radius 3 is 2.74 bits per heavy atom. The summed E-state index contributed by atoms with van der Waals surface area (Å²) in [6, 6.07) is 5.30. The normalized spacial score (nSPS) is 10.7. The van der Waals surface area contributed by atoms with Crippen LogP contribution in [0, 0.1) is 20.8 Å². The van der Waals surface area contributed by atoms with E-state index in [4.69, 9.17) is 4.52 Å². The van der Waals surface area contributed by atoms with Gasteiger partial charge in [0.2, 0.25) is 0 Å². The highest BCUT2D eigenvalue weighted by Gasteiger charge is 2.15. The molecule has 8 heteroatoms. The van der Waals surface area contributed by atoms with Crippen LogP contribution in [0.25, 0.3) is 11.3 Å². The van der Waals surface area contributed by atoms with Gasteiger partial charge in [-0.1, -0.05) is 15.7 Å². The maximum atomic E-state index is 12.3. The molecule has 3 rings (SSSR count). The molecule has 0 fully saturated rings. The van der Waals surface area contributed by atoms with E-state index in [0.717, 1.165) is 21.8 Å². The molecule has 7 nitrogen and oxygen atoms in total. The van der Waals surface area contributed by atoms with E-state index in [1.165, 1.54) is 11.5 Å². The highest BCUT2D eigenvalue weighted by molar-refractivity contribution is 7.05. The fourth-order valence-corrected chi connectivity index (χ4v) is 2.78. The minimum absolute atomic E-state index is 0.244. The summed E-state index contributed by atoms with van der Waals surface area (Å²) in [5, 5.41) is 10.7. The van der Waals surface area contributed by atoms with E-state index in [2.05, 4.69) is 25.0 Å². The highest BCUT2D eigenvalue weighted by atomic mass is 32.1. The number of hydrogen-bond acceptors (Lipinski definition) is 7. The summed E-state index contributed by atoms with van der Waals surface area (Å²) in [7, 11) is 0. The molecule has 0 bridgehead atoms. The lowest BCUT2D eigenvalue weighted by Crippen LogP contribution is -2.23. The SMILES string of the molecule is Cc1nnsc1CNC(=O)c1cccc(-c2c(C)noc2C)n1. The number of rotatable bonds is 4. The quantitative estimate of drug-likeness (QED) is 0.790. The highest BCUT2D eigenvalue weighted by Crippen LogP contribution is 2.25. The van der Waals surface area contributed by atoms with Crippen molar-refractivity contribution in [1.29, 1.82) is 0 Å². The maximum Gasteiger partial charge on any atom is 0.270 e. The third kappa shape index (κ3) is 3.11. The van der Waals surface area contributed by atoms with Gasteiger partial charge in [-0.3, -0.25) is 4.79 Å². The molecule has 1 N–H and O–H groups in total. The molecule has 0 unspecified atom stereocenters. The summed E-state index contributed by atoms with van der Waals surface area (Å²) in [5.41, 5.74) is 3.41. The second-order valence-electron chi connectivity index (χ2n) is 5.07. The molecule has 1 amide bonds. The number of aryl methyl sites for hydroxylation is 3. The molecule has 0 spiro atoms. The van der Waals surface area contributed by atoms with Gasteiger partial charge in [0.05, 0.1) is 34.1 Å². The number of nitrogens with one attached hydrogen (secondary N) is 1. The lowest BCUT2D eigenvalue weighted by molar-refractivity contribution is 0.0946. The van der Waals surface area contributed by atoms with Crippen molar-refractivity contribution in [2.45, 2.75) is 27.3 Å². The predicted molar refractivity (Wildman–Crippen MR) is 85.0 cm³/mol. The molecule has 0 aliphatic heterocycles. The smallest absolute Gasteiger partial charge is 0.270 e. The Labute approximate surface area is 136 Å². The molecule has 0 atom stereocenters. The van der Waals surface area contributed by atoms with Crippen LogP contribution in [-0.4, -0.2) is 25.6 Å². The fourth-order valence-electron chi connectivity index (χ4n) is 2.21. The van der Waals surface area contributed by atoms with Crippen LogP contribution < -0.4 is 5.32 Å². The van der Waals surface area contributed by atoms with Gasteiger partial charge >= 0.3 is 0 Å². The van der Waals surface area contributed by atoms with Gasteiger partial charge in [-0.05, 0) is 44.4 Å². The van der Waals surface area contributed by atoms with Crippen molar-refractivity contribution in [2.24, 2.45) is 0 Å². The summed E-state index contributed by atoms with van der Waals surface area (Å²) in [4.78, 5) is 17.6. The van der Waals surface area contributed by atoms with Gasteiger partial charge in [0, 0.05) is 0 Å². The minimum atomic E-state index is -0.244. The van der Waals surface area contributed by atoms with Crippen LogP contribution in [-0.2, 0) is 6.54 Å². The predicted octanol–water partition coefficient (Wildman–Crippen LogP) is 2.44. The lowest BCUT2D eigenvalue weighted by atomic mass is 10.1. The molecular formula is C15H15N5O2S. The van der Waals surface area contributed by atoms with Gasteiger partial charge in [0.1, 0.15) is 11.5 Å². The van der Waals surface area contributed by atoms with E-state index in [1.807, 2.05) is 26.8 Å². The molecule has 23 heavy (non-hydrogen) atoms. The van der Waals surface area contributed by atoms with Gasteiger partial charge in [-0.2, -0.15) is 0 Å². The van der Waals surface area contributed by atoms with E-state index in [9.17, 15) is 4.79 Å². The number of nitrogens with zero attached hydrogens (tertiary/aromatic N) is 4. The molecule has 0 radical (unpaired) electrons. The van der Waals surface area contributed by atoms with Gasteiger partial charge < -0.3 is 9.84 Å². The van der Waals surface area contributed by atoms with E-state index in [0.29, 0.717) is 23.7 Å². The average Bonchev–Trinajstić information content (AvgIpc) is 3.10. The summed E-state index contributed by atoms with van der Waals surface area (Å²) in [6.07, 6.45) is 0. The molecule has 3 aromatic rings. The van der Waals surface area contributed by atoms with Crippen LogP contribution in [0.1, 0.15) is 32.5 Å². The van der Waals surface area contributed by atoms with Crippen LogP contribution in [0.4, 0.5) is 0 Å². The van der Waals surface area contributed by atoms with Gasteiger partial charge in [-0.25, -0.2) is 4.98 Å². The van der Waals surface area contributed by atoms with E-state index in [1.54, 1.807) is 12.1 Å². The monoisotopic (exact) mass is 329 g/mol. The van der Waals surface area contributed by atoms with Crippen LogP contribution in [0.3, 0.4) is 0 Å². The number of aromatic nitrogens is 4. The number of pyridine rings is 1. The molecule has 0 saturated carbocycles. The largest absolute Gasteiger partial charge is 0.361 e. The second kappa shape index (κ2) is 6.25. The Kier molecular flexibility index (Phi) is 4.16. The van der Waals surface area contributed by atoms with Crippen molar-refractivity contribution in [1.82, 2.24) is 25.0 Å². The number of carbonyl (C=O) groups excluding carboxylic acids is 1. The van der Waals surface area contributed by atoms with Gasteiger partial charge in [0.25, 0.3) is 5.91 Å². The van der Waals surface area contributed by atoms with Crippen LogP contribution >= 0.6 is 11.5 Å². The Balaban J connectivity index is 1.80. The molecular weight excluding hydrogens is 314 g/mol. The number of carbonyl (C=O) groups is 1. The van der Waals surface area contributed by atoms with Gasteiger partial charge in [-0.15, -0.1) is 5.10 Å². The number of amides is 1. The van der Waals surface area contributed by atoms with Crippen molar-refractivity contribution >= 4 is 17.4 Å². The van der Waals surface area contributed by atoms with Crippen LogP contribution in [0.5, 0.6) is 0 Å². The van der Waals surface area contributed by atoms with Crippen LogP contribution in [0.15, 0.2) is 22.7 Å². The summed E-state index contributed by atoms with van der Waals surface area (Å²) < 4.78 is 9.00. The molecule has 3 heterocycles. The van der Waals surface area contributed by atoms with E-state index in [-0.39, 0.29) is 5.91 Å². The van der Waals surface area contributed by atoms with E-state index >= 15 is 0 Å². The van der Waals surface area contributed by atoms with Crippen molar-refractivity contribution in [3.63, 3.8) is 0 Å². The first kappa shape index (κ1) is 15.3. The lowest BCUT2D eigenvalue weighted by Gasteiger charge is -2.05. The van der Waals surface area contributed by atoms with Crippen molar-refractivity contribution in [3.05, 3.63) is 45.9 Å². The average molecular weight is 329 g/mol. The summed E-state index contributed by atoms with van der Waals surface area (Å²) >= 11 is 1.27. The zero-order valence-electron chi connectivity index (χ0n) is 13.0. The standard InChI is InChI=1S/C15H15N5O2S/c1-8-13(23-20-18-8)7-16-15(21)12-6-4-5-11(17-12)14-9(2)19-22-10(14)3/h4-6H,7H2,1-3H3,(H,16,21). The third-order valence-corrected chi connectivity index (χ3v) is 4.25. The first-order valence-corrected chi connectivity index (χ1v) is 7.80. The number of hydrogen-bond donors (Lipinski definition) is 1. The van der Waals surface area contributed by atoms with Gasteiger partial charge in [0.15, 0.2) is 0 Å². The van der Waals surface area contributed by atoms with Crippen molar-refractivity contribution in [2.75, 3.05) is 0 Å². The Hall–Kier alpha value is -2.61. The van der Waals surface area contributed by atoms with Crippen molar-refractivity contribution < 1.29 is 9.32 Å². The zero-order chi connectivity index (χ0) is 16.4. The van der Waals surface area contributed by atoms with Crippen molar-refractivity contribution in [3.8, 4) is 11.3 Å². The Bertz CT molecular complexity index is 836. The third-order valence-electron chi connectivity index (χ3n) is 3.43. The topological polar surface area (TPSA) is 93.8 Å². The summed E-state index contributed by atoms with van der Waals surface area (Å²) in [5.74, 6) is 0.435. The zero-order valence-corrected chi connectivity index (χ0v) is 13.8. The summed E-state index contributed by atoms with van der Waals surface area (Å²) in [6.45, 7) is 5.92. The molecule has 0 aliphatic rings. The molecule has 0 aromatic carbocycles. The maximum absolute atomic E-state index is 12.3. The minimum Gasteiger partial charge on any atom is -0.361 e. The first-order valence-electron chi connectivity index (χ1n) is 7.02. The van der Waals surface area contributed by atoms with E-state index < -0.39 is 0 Å². The van der Waals surface area contributed by atoms with Crippen LogP contribution in [0.2, 0.25) is 0 Å². The first-order chi connectivity index (χ1) is 11.1. The molecule has 0 saturated heterocycles. The molecule has 0 aliphatic carbocycles. The fraction of sp³-hybridized carbons (Fsp3) is 0.267. The Morgan fingerprint density at radius 1 is 1.26 bits per heavy atom. The second-order valence-corrected chi connectivity index (χ2v) is 5.91.